The minimum absolute atomic E-state index is 0.546. The van der Waals surface area contributed by atoms with Crippen LogP contribution in [0.3, 0.4) is 0 Å². The highest BCUT2D eigenvalue weighted by molar-refractivity contribution is 5.16. The van der Waals surface area contributed by atoms with Crippen LogP contribution in [0.2, 0.25) is 0 Å². The third kappa shape index (κ3) is 3.00. The Labute approximate surface area is 125 Å². The Kier molecular flexibility index (Phi) is 3.47. The van der Waals surface area contributed by atoms with E-state index in [4.69, 9.17) is 4.42 Å². The van der Waals surface area contributed by atoms with E-state index in [2.05, 4.69) is 45.4 Å². The van der Waals surface area contributed by atoms with Gasteiger partial charge in [-0.15, -0.1) is 10.2 Å². The molecule has 4 heteroatoms. The van der Waals surface area contributed by atoms with Crippen LogP contribution in [0, 0.1) is 0 Å². The Morgan fingerprint density at radius 1 is 1.10 bits per heavy atom. The van der Waals surface area contributed by atoms with Gasteiger partial charge in [0.2, 0.25) is 11.8 Å². The zero-order valence-electron chi connectivity index (χ0n) is 12.2. The molecule has 0 N–H and O–H groups in total. The molecule has 4 nitrogen and oxygen atoms in total. The summed E-state index contributed by atoms with van der Waals surface area (Å²) in [6, 6.07) is 11.4. The molecule has 0 amide bonds. The summed E-state index contributed by atoms with van der Waals surface area (Å²) in [5, 5.41) is 8.41. The molecule has 1 aromatic carbocycles. The van der Waals surface area contributed by atoms with E-state index < -0.39 is 0 Å². The normalized spacial score (nSPS) is 22.8. The predicted molar refractivity (Wildman–Crippen MR) is 79.9 cm³/mol. The summed E-state index contributed by atoms with van der Waals surface area (Å²) in [5.74, 6) is 2.19. The topological polar surface area (TPSA) is 42.2 Å². The summed E-state index contributed by atoms with van der Waals surface area (Å²) in [6.07, 6.45) is 6.06. The second kappa shape index (κ2) is 5.60. The number of benzene rings is 1. The minimum Gasteiger partial charge on any atom is -0.424 e. The number of hydrogen-bond donors (Lipinski definition) is 0. The molecule has 1 saturated heterocycles. The van der Waals surface area contributed by atoms with Crippen molar-refractivity contribution in [1.29, 1.82) is 0 Å². The largest absolute Gasteiger partial charge is 0.424 e. The van der Waals surface area contributed by atoms with Crippen molar-refractivity contribution in [3.63, 3.8) is 0 Å². The van der Waals surface area contributed by atoms with E-state index in [0.29, 0.717) is 12.0 Å². The van der Waals surface area contributed by atoms with Gasteiger partial charge >= 0.3 is 0 Å². The van der Waals surface area contributed by atoms with Crippen LogP contribution >= 0.6 is 0 Å². The number of likely N-dealkylation sites (tertiary alicyclic amines) is 1. The van der Waals surface area contributed by atoms with Crippen LogP contribution in [-0.4, -0.2) is 27.7 Å². The molecule has 4 rings (SSSR count). The SMILES string of the molecule is c1ccc(C[C@H]2CCCN2Cc2nnc(C3CC3)o2)cc1. The number of hydrogen-bond acceptors (Lipinski definition) is 4. The third-order valence-electron chi connectivity index (χ3n) is 4.56. The minimum atomic E-state index is 0.546. The van der Waals surface area contributed by atoms with Crippen molar-refractivity contribution in [3.05, 3.63) is 47.7 Å². The van der Waals surface area contributed by atoms with Gasteiger partial charge in [-0.1, -0.05) is 30.3 Å². The molecule has 21 heavy (non-hydrogen) atoms. The third-order valence-corrected chi connectivity index (χ3v) is 4.56. The first kappa shape index (κ1) is 13.0. The Balaban J connectivity index is 1.41. The summed E-state index contributed by atoms with van der Waals surface area (Å²) in [6.45, 7) is 1.94. The van der Waals surface area contributed by atoms with Crippen LogP contribution in [0.4, 0.5) is 0 Å². The van der Waals surface area contributed by atoms with Crippen molar-refractivity contribution in [1.82, 2.24) is 15.1 Å². The molecular weight excluding hydrogens is 262 g/mol. The first-order valence-corrected chi connectivity index (χ1v) is 7.99. The van der Waals surface area contributed by atoms with Crippen molar-refractivity contribution < 1.29 is 4.42 Å². The van der Waals surface area contributed by atoms with Gasteiger partial charge in [0.1, 0.15) is 0 Å². The highest BCUT2D eigenvalue weighted by Gasteiger charge is 2.31. The fourth-order valence-corrected chi connectivity index (χ4v) is 3.22. The van der Waals surface area contributed by atoms with Crippen LogP contribution in [-0.2, 0) is 13.0 Å². The summed E-state index contributed by atoms with van der Waals surface area (Å²) in [4.78, 5) is 2.50. The van der Waals surface area contributed by atoms with Crippen molar-refractivity contribution in [3.8, 4) is 0 Å². The molecule has 1 aliphatic carbocycles. The van der Waals surface area contributed by atoms with Crippen molar-refractivity contribution in [2.75, 3.05) is 6.54 Å². The average molecular weight is 283 g/mol. The quantitative estimate of drug-likeness (QED) is 0.845. The number of nitrogens with zero attached hydrogens (tertiary/aromatic N) is 3. The van der Waals surface area contributed by atoms with Crippen LogP contribution in [0.25, 0.3) is 0 Å². The molecule has 1 aliphatic heterocycles. The van der Waals surface area contributed by atoms with Gasteiger partial charge in [-0.25, -0.2) is 0 Å². The van der Waals surface area contributed by atoms with Gasteiger partial charge < -0.3 is 4.42 Å². The smallest absolute Gasteiger partial charge is 0.230 e. The van der Waals surface area contributed by atoms with Crippen molar-refractivity contribution in [2.24, 2.45) is 0 Å². The van der Waals surface area contributed by atoms with Crippen LogP contribution in [0.1, 0.15) is 48.9 Å². The predicted octanol–water partition coefficient (Wildman–Crippen LogP) is 3.15. The summed E-state index contributed by atoms with van der Waals surface area (Å²) < 4.78 is 5.80. The maximum atomic E-state index is 5.80. The van der Waals surface area contributed by atoms with Gasteiger partial charge in [0.05, 0.1) is 6.54 Å². The zero-order chi connectivity index (χ0) is 14.1. The molecule has 0 bridgehead atoms. The molecule has 1 atom stereocenters. The summed E-state index contributed by atoms with van der Waals surface area (Å²) >= 11 is 0. The average Bonchev–Trinajstić information content (AvgIpc) is 3.12. The molecule has 1 saturated carbocycles. The maximum Gasteiger partial charge on any atom is 0.230 e. The summed E-state index contributed by atoms with van der Waals surface area (Å²) in [7, 11) is 0. The fraction of sp³-hybridized carbons (Fsp3) is 0.529. The first-order chi connectivity index (χ1) is 10.4. The van der Waals surface area contributed by atoms with E-state index in [1.54, 1.807) is 0 Å². The molecule has 110 valence electrons. The molecule has 0 unspecified atom stereocenters. The van der Waals surface area contributed by atoms with Gasteiger partial charge in [0.25, 0.3) is 0 Å². The van der Waals surface area contributed by atoms with E-state index in [1.807, 2.05) is 0 Å². The van der Waals surface area contributed by atoms with E-state index in [-0.39, 0.29) is 0 Å². The lowest BCUT2D eigenvalue weighted by molar-refractivity contribution is 0.218. The number of aromatic nitrogens is 2. The van der Waals surface area contributed by atoms with Gasteiger partial charge in [0, 0.05) is 12.0 Å². The Hall–Kier alpha value is -1.68. The monoisotopic (exact) mass is 283 g/mol. The van der Waals surface area contributed by atoms with Crippen LogP contribution in [0.5, 0.6) is 0 Å². The molecule has 2 aliphatic rings. The molecule has 0 radical (unpaired) electrons. The lowest BCUT2D eigenvalue weighted by Crippen LogP contribution is -2.30. The molecule has 2 heterocycles. The Bertz CT molecular complexity index is 591. The second-order valence-corrected chi connectivity index (χ2v) is 6.26. The second-order valence-electron chi connectivity index (χ2n) is 6.26. The molecule has 1 aromatic heterocycles. The van der Waals surface area contributed by atoms with Gasteiger partial charge in [-0.3, -0.25) is 4.90 Å². The van der Waals surface area contributed by atoms with E-state index >= 15 is 0 Å². The van der Waals surface area contributed by atoms with E-state index in [9.17, 15) is 0 Å². The van der Waals surface area contributed by atoms with E-state index in [1.165, 1.54) is 31.2 Å². The van der Waals surface area contributed by atoms with Gasteiger partial charge in [-0.05, 0) is 44.2 Å². The molecule has 0 spiro atoms. The Morgan fingerprint density at radius 2 is 1.95 bits per heavy atom. The maximum absolute atomic E-state index is 5.80. The van der Waals surface area contributed by atoms with Crippen molar-refractivity contribution in [2.45, 2.75) is 50.6 Å². The standard InChI is InChI=1S/C17H21N3O/c1-2-5-13(6-3-1)11-15-7-4-10-20(15)12-16-18-19-17(21-16)14-8-9-14/h1-3,5-6,14-15H,4,7-12H2/t15-/m1/s1. The molecule has 2 aromatic rings. The highest BCUT2D eigenvalue weighted by atomic mass is 16.4. The van der Waals surface area contributed by atoms with E-state index in [0.717, 1.165) is 31.3 Å². The van der Waals surface area contributed by atoms with Crippen molar-refractivity contribution >= 4 is 0 Å². The zero-order valence-corrected chi connectivity index (χ0v) is 12.2. The fourth-order valence-electron chi connectivity index (χ4n) is 3.22. The molecular formula is C17H21N3O. The highest BCUT2D eigenvalue weighted by Crippen LogP contribution is 2.39. The Morgan fingerprint density at radius 3 is 2.76 bits per heavy atom. The van der Waals surface area contributed by atoms with Crippen LogP contribution in [0.15, 0.2) is 34.7 Å². The first-order valence-electron chi connectivity index (χ1n) is 7.99. The van der Waals surface area contributed by atoms with Crippen LogP contribution < -0.4 is 0 Å². The summed E-state index contributed by atoms with van der Waals surface area (Å²) in [5.41, 5.74) is 1.42. The number of rotatable bonds is 5. The van der Waals surface area contributed by atoms with Gasteiger partial charge in [-0.2, -0.15) is 0 Å². The lowest BCUT2D eigenvalue weighted by atomic mass is 10.0. The van der Waals surface area contributed by atoms with Gasteiger partial charge in [0.15, 0.2) is 0 Å². The molecule has 2 fully saturated rings. The lowest BCUT2D eigenvalue weighted by Gasteiger charge is -2.22.